The molecule has 0 N–H and O–H groups in total. The second kappa shape index (κ2) is 5.88. The zero-order chi connectivity index (χ0) is 13.9. The average molecular weight is 277 g/mol. The van der Waals surface area contributed by atoms with Gasteiger partial charge in [0, 0.05) is 0 Å². The van der Waals surface area contributed by atoms with Crippen LogP contribution in [0, 0.1) is 0 Å². The molecule has 0 saturated carbocycles. The van der Waals surface area contributed by atoms with Gasteiger partial charge in [0.15, 0.2) is 0 Å². The van der Waals surface area contributed by atoms with Crippen LogP contribution in [0.25, 0.3) is 0 Å². The molecule has 3 nitrogen and oxygen atoms in total. The number of hydrogen-bond acceptors (Lipinski definition) is 2. The van der Waals surface area contributed by atoms with E-state index in [9.17, 15) is 4.79 Å². The van der Waals surface area contributed by atoms with Crippen LogP contribution in [-0.2, 0) is 9.32 Å². The standard InChI is InChI=1S/C15H23NO2Si/c1-4-19(5-2,6-3)18-16-14(12-15(16)17)13-10-8-7-9-11-13/h7-11,14H,4-6,12H2,1-3H3. The van der Waals surface area contributed by atoms with Crippen LogP contribution in [0.5, 0.6) is 0 Å². The average Bonchev–Trinajstić information content (AvgIpc) is 2.47. The van der Waals surface area contributed by atoms with E-state index in [0.29, 0.717) is 6.42 Å². The molecule has 1 saturated heterocycles. The number of amides is 1. The van der Waals surface area contributed by atoms with Crippen LogP contribution >= 0.6 is 0 Å². The first-order valence-corrected chi connectivity index (χ1v) is 9.75. The molecule has 1 aliphatic heterocycles. The lowest BCUT2D eigenvalue weighted by molar-refractivity contribution is -0.195. The van der Waals surface area contributed by atoms with Crippen molar-refractivity contribution in [2.24, 2.45) is 0 Å². The normalized spacial score (nSPS) is 19.4. The van der Waals surface area contributed by atoms with Crippen molar-refractivity contribution in [3.05, 3.63) is 35.9 Å². The summed E-state index contributed by atoms with van der Waals surface area (Å²) in [7, 11) is -1.76. The summed E-state index contributed by atoms with van der Waals surface area (Å²) in [5.74, 6) is 0.126. The van der Waals surface area contributed by atoms with Crippen molar-refractivity contribution in [1.29, 1.82) is 0 Å². The van der Waals surface area contributed by atoms with Gasteiger partial charge in [-0.15, -0.1) is 0 Å². The Balaban J connectivity index is 2.12. The van der Waals surface area contributed by atoms with E-state index < -0.39 is 8.32 Å². The van der Waals surface area contributed by atoms with Crippen LogP contribution in [0.2, 0.25) is 18.1 Å². The zero-order valence-corrected chi connectivity index (χ0v) is 13.1. The third-order valence-electron chi connectivity index (χ3n) is 4.31. The second-order valence-corrected chi connectivity index (χ2v) is 9.86. The van der Waals surface area contributed by atoms with E-state index in [0.717, 1.165) is 18.1 Å². The molecule has 0 aliphatic carbocycles. The van der Waals surface area contributed by atoms with Gasteiger partial charge in [0.05, 0.1) is 12.5 Å². The lowest BCUT2D eigenvalue weighted by atomic mass is 9.97. The molecule has 19 heavy (non-hydrogen) atoms. The first-order chi connectivity index (χ1) is 9.15. The van der Waals surface area contributed by atoms with Crippen molar-refractivity contribution in [2.75, 3.05) is 0 Å². The van der Waals surface area contributed by atoms with Gasteiger partial charge in [0.25, 0.3) is 0 Å². The minimum atomic E-state index is -1.76. The molecule has 4 heteroatoms. The highest BCUT2D eigenvalue weighted by Gasteiger charge is 2.43. The Kier molecular flexibility index (Phi) is 4.42. The number of nitrogens with zero attached hydrogens (tertiary/aromatic N) is 1. The molecule has 0 radical (unpaired) electrons. The van der Waals surface area contributed by atoms with E-state index in [4.69, 9.17) is 4.53 Å². The highest BCUT2D eigenvalue weighted by molar-refractivity contribution is 6.73. The Morgan fingerprint density at radius 2 is 1.74 bits per heavy atom. The predicted molar refractivity (Wildman–Crippen MR) is 78.9 cm³/mol. The number of β-lactam (4-membered cyclic amide) rings is 1. The summed E-state index contributed by atoms with van der Waals surface area (Å²) in [6.45, 7) is 6.54. The minimum Gasteiger partial charge on any atom is -0.316 e. The topological polar surface area (TPSA) is 29.5 Å². The SMILES string of the molecule is CC[Si](CC)(CC)ON1C(=O)CC1c1ccccc1. The maximum Gasteiger partial charge on any atom is 0.248 e. The fourth-order valence-electron chi connectivity index (χ4n) is 2.59. The molecule has 1 aliphatic rings. The molecule has 1 unspecified atom stereocenters. The van der Waals surface area contributed by atoms with Gasteiger partial charge in [-0.3, -0.25) is 4.79 Å². The molecule has 0 spiro atoms. The largest absolute Gasteiger partial charge is 0.316 e. The van der Waals surface area contributed by atoms with E-state index >= 15 is 0 Å². The summed E-state index contributed by atoms with van der Waals surface area (Å²) in [5, 5.41) is 1.65. The lowest BCUT2D eigenvalue weighted by Crippen LogP contribution is -2.53. The fourth-order valence-corrected chi connectivity index (χ4v) is 5.13. The lowest BCUT2D eigenvalue weighted by Gasteiger charge is -2.45. The van der Waals surface area contributed by atoms with Gasteiger partial charge in [-0.05, 0) is 23.7 Å². The Morgan fingerprint density at radius 3 is 2.21 bits per heavy atom. The molecule has 1 amide bonds. The summed E-state index contributed by atoms with van der Waals surface area (Å²) in [6.07, 6.45) is 0.575. The molecule has 1 aromatic carbocycles. The number of carbonyl (C=O) groups is 1. The predicted octanol–water partition coefficient (Wildman–Crippen LogP) is 3.90. The Hall–Kier alpha value is -1.13. The summed E-state index contributed by atoms with van der Waals surface area (Å²) < 4.78 is 6.22. The van der Waals surface area contributed by atoms with Gasteiger partial charge in [-0.2, -0.15) is 0 Å². The van der Waals surface area contributed by atoms with Gasteiger partial charge >= 0.3 is 0 Å². The van der Waals surface area contributed by atoms with Crippen molar-refractivity contribution in [3.8, 4) is 0 Å². The van der Waals surface area contributed by atoms with Crippen molar-refractivity contribution in [3.63, 3.8) is 0 Å². The van der Waals surface area contributed by atoms with Crippen LogP contribution < -0.4 is 0 Å². The van der Waals surface area contributed by atoms with Gasteiger partial charge in [-0.25, -0.2) is 5.06 Å². The van der Waals surface area contributed by atoms with E-state index in [1.807, 2.05) is 18.2 Å². The molecule has 1 aromatic rings. The molecule has 104 valence electrons. The van der Waals surface area contributed by atoms with E-state index in [2.05, 4.69) is 32.9 Å². The van der Waals surface area contributed by atoms with Gasteiger partial charge in [-0.1, -0.05) is 51.1 Å². The number of rotatable bonds is 6. The molecule has 1 heterocycles. The summed E-state index contributed by atoms with van der Waals surface area (Å²) >= 11 is 0. The maximum atomic E-state index is 11.9. The Bertz CT molecular complexity index is 423. The zero-order valence-electron chi connectivity index (χ0n) is 12.1. The van der Waals surface area contributed by atoms with Crippen LogP contribution in [0.15, 0.2) is 30.3 Å². The number of carbonyl (C=O) groups excluding carboxylic acids is 1. The van der Waals surface area contributed by atoms with E-state index in [-0.39, 0.29) is 11.9 Å². The van der Waals surface area contributed by atoms with Crippen LogP contribution in [0.3, 0.4) is 0 Å². The third kappa shape index (κ3) is 2.74. The first kappa shape index (κ1) is 14.3. The Morgan fingerprint density at radius 1 is 1.16 bits per heavy atom. The van der Waals surface area contributed by atoms with Gasteiger partial charge < -0.3 is 4.53 Å². The van der Waals surface area contributed by atoms with Crippen LogP contribution in [-0.4, -0.2) is 19.3 Å². The highest BCUT2D eigenvalue weighted by atomic mass is 28.4. The number of benzene rings is 1. The molecule has 1 fully saturated rings. The van der Waals surface area contributed by atoms with Crippen molar-refractivity contribution in [2.45, 2.75) is 51.4 Å². The molecule has 0 bridgehead atoms. The van der Waals surface area contributed by atoms with Crippen LogP contribution in [0.1, 0.15) is 38.8 Å². The van der Waals surface area contributed by atoms with Crippen molar-refractivity contribution >= 4 is 14.2 Å². The van der Waals surface area contributed by atoms with Crippen molar-refractivity contribution < 1.29 is 9.32 Å². The number of hydrogen-bond donors (Lipinski definition) is 0. The molecular weight excluding hydrogens is 254 g/mol. The molecular formula is C15H23NO2Si. The quantitative estimate of drug-likeness (QED) is 0.583. The fraction of sp³-hybridized carbons (Fsp3) is 0.533. The van der Waals surface area contributed by atoms with E-state index in [1.165, 1.54) is 5.56 Å². The summed E-state index contributed by atoms with van der Waals surface area (Å²) in [6, 6.07) is 13.5. The second-order valence-electron chi connectivity index (χ2n) is 5.19. The van der Waals surface area contributed by atoms with Gasteiger partial charge in [0.1, 0.15) is 0 Å². The maximum absolute atomic E-state index is 11.9. The molecule has 2 rings (SSSR count). The monoisotopic (exact) mass is 277 g/mol. The van der Waals surface area contributed by atoms with Crippen LogP contribution in [0.4, 0.5) is 0 Å². The molecule has 1 atom stereocenters. The third-order valence-corrected chi connectivity index (χ3v) is 8.76. The van der Waals surface area contributed by atoms with Gasteiger partial charge in [0.2, 0.25) is 14.2 Å². The summed E-state index contributed by atoms with van der Waals surface area (Å²) in [5.41, 5.74) is 1.17. The smallest absolute Gasteiger partial charge is 0.248 e. The summed E-state index contributed by atoms with van der Waals surface area (Å²) in [4.78, 5) is 11.9. The Labute approximate surface area is 116 Å². The molecule has 0 aromatic heterocycles. The van der Waals surface area contributed by atoms with Crippen molar-refractivity contribution in [1.82, 2.24) is 5.06 Å². The minimum absolute atomic E-state index is 0.116. The first-order valence-electron chi connectivity index (χ1n) is 7.22. The van der Waals surface area contributed by atoms with E-state index in [1.54, 1.807) is 5.06 Å². The number of hydroxylamine groups is 2. The highest BCUT2D eigenvalue weighted by Crippen LogP contribution is 2.37.